The molecule has 2 N–H and O–H groups in total. The molecule has 0 radical (unpaired) electrons. The van der Waals surface area contributed by atoms with E-state index in [9.17, 15) is 28.7 Å². The fourth-order valence-corrected chi connectivity index (χ4v) is 9.64. The summed E-state index contributed by atoms with van der Waals surface area (Å²) >= 11 is 0. The second-order valence-corrected chi connectivity index (χ2v) is 28.5. The standard InChI is InChI=1S/C27H33FN2O4Si.C19H29NO5Si/c1-27(2,3)35(4,5)34-20-14-24(25(31)22-15-29-23-13-19(28)11-12-21(22)23)30(16-20)26(32)33-17-18-9-7-6-8-10-18;1-19(2,3)26(4,5)25-15-11-16(17(21)22)20(12-15)18(23)24-13-14-9-7-6-8-10-14/h6-13,15,20,24,29H,14,16-17H2,1-5H3;6-10,15-16H,11-13H2,1-5H3,(H,21,22)/t20-,24+;15-,16+/m11/s1. The lowest BCUT2D eigenvalue weighted by Crippen LogP contribution is -2.45. The molecule has 15 heteroatoms. The molecule has 6 rings (SSSR count). The average Bonchev–Trinajstić information content (AvgIpc) is 3.93. The van der Waals surface area contributed by atoms with Crippen LogP contribution in [-0.4, -0.2) is 97.8 Å². The molecule has 61 heavy (non-hydrogen) atoms. The Balaban J connectivity index is 0.000000242. The van der Waals surface area contributed by atoms with Gasteiger partial charge in [-0.1, -0.05) is 102 Å². The number of aliphatic carboxylic acids is 1. The number of benzene rings is 3. The molecule has 0 spiro atoms. The summed E-state index contributed by atoms with van der Waals surface area (Å²) in [7, 11) is -4.17. The number of carboxylic acid groups (broad SMARTS) is 1. The van der Waals surface area contributed by atoms with Crippen LogP contribution in [0.15, 0.2) is 85.1 Å². The topological polar surface area (TPSA) is 148 Å². The van der Waals surface area contributed by atoms with Gasteiger partial charge in [0.05, 0.1) is 12.2 Å². The van der Waals surface area contributed by atoms with Crippen LogP contribution in [0, 0.1) is 5.82 Å². The van der Waals surface area contributed by atoms with Crippen LogP contribution in [0.1, 0.15) is 75.9 Å². The molecule has 2 fully saturated rings. The Hall–Kier alpha value is -4.84. The number of aromatic amines is 1. The molecular formula is C46H62FN3O9Si2. The largest absolute Gasteiger partial charge is 0.480 e. The van der Waals surface area contributed by atoms with Crippen LogP contribution in [0.25, 0.3) is 10.9 Å². The second-order valence-electron chi connectivity index (χ2n) is 19.0. The summed E-state index contributed by atoms with van der Waals surface area (Å²) in [4.78, 5) is 56.7. The molecule has 4 aromatic rings. The quantitative estimate of drug-likeness (QED) is 0.111. The third-order valence-corrected chi connectivity index (χ3v) is 21.5. The summed E-state index contributed by atoms with van der Waals surface area (Å²) in [6.45, 7) is 22.2. The monoisotopic (exact) mass is 875 g/mol. The van der Waals surface area contributed by atoms with Gasteiger partial charge in [0.1, 0.15) is 31.1 Å². The van der Waals surface area contributed by atoms with Crippen molar-refractivity contribution >= 4 is 51.5 Å². The lowest BCUT2D eigenvalue weighted by Gasteiger charge is -2.38. The number of fused-ring (bicyclic) bond motifs is 1. The number of likely N-dealkylation sites (tertiary alicyclic amines) is 2. The first-order valence-electron chi connectivity index (χ1n) is 20.8. The van der Waals surface area contributed by atoms with Crippen molar-refractivity contribution in [2.24, 2.45) is 0 Å². The number of halogens is 1. The molecule has 1 aromatic heterocycles. The highest BCUT2D eigenvalue weighted by molar-refractivity contribution is 6.74. The summed E-state index contributed by atoms with van der Waals surface area (Å²) in [5.74, 6) is -1.61. The van der Waals surface area contributed by atoms with Gasteiger partial charge in [-0.05, 0) is 65.6 Å². The number of ketones is 1. The molecule has 2 aliphatic heterocycles. The third kappa shape index (κ3) is 11.8. The number of hydrogen-bond donors (Lipinski definition) is 2. The van der Waals surface area contributed by atoms with E-state index in [4.69, 9.17) is 18.3 Å². The van der Waals surface area contributed by atoms with Crippen LogP contribution in [0.5, 0.6) is 0 Å². The minimum absolute atomic E-state index is 0.00530. The Kier molecular flexibility index (Phi) is 14.7. The van der Waals surface area contributed by atoms with Gasteiger partial charge in [-0.15, -0.1) is 0 Å². The molecule has 2 amide bonds. The molecule has 12 nitrogen and oxygen atoms in total. The number of carbonyl (C=O) groups is 4. The number of Topliss-reactive ketones (excluding diaryl/α,β-unsaturated/α-hetero) is 1. The van der Waals surface area contributed by atoms with Crippen molar-refractivity contribution in [3.8, 4) is 0 Å². The van der Waals surface area contributed by atoms with Crippen LogP contribution < -0.4 is 0 Å². The van der Waals surface area contributed by atoms with Crippen molar-refractivity contribution in [3.05, 3.63) is 108 Å². The van der Waals surface area contributed by atoms with E-state index in [2.05, 4.69) is 72.7 Å². The van der Waals surface area contributed by atoms with Gasteiger partial charge in [-0.2, -0.15) is 0 Å². The van der Waals surface area contributed by atoms with Gasteiger partial charge in [0, 0.05) is 48.6 Å². The maximum Gasteiger partial charge on any atom is 0.410 e. The lowest BCUT2D eigenvalue weighted by molar-refractivity contribution is -0.141. The molecule has 0 saturated carbocycles. The van der Waals surface area contributed by atoms with Gasteiger partial charge in [-0.3, -0.25) is 14.6 Å². The SMILES string of the molecule is CC(C)(C)[Si](C)(C)O[C@@H]1C[C@@H](C(=O)O)N(C(=O)OCc2ccccc2)C1.CC(C)(C)[Si](C)(C)O[C@@H]1C[C@@H](C(=O)c2c[nH]c3cc(F)ccc23)N(C(=O)OCc2ccccc2)C1. The Morgan fingerprint density at radius 1 is 0.705 bits per heavy atom. The van der Waals surface area contributed by atoms with Gasteiger partial charge >= 0.3 is 18.2 Å². The van der Waals surface area contributed by atoms with E-state index in [1.807, 2.05) is 60.7 Å². The Morgan fingerprint density at radius 3 is 1.59 bits per heavy atom. The zero-order valence-electron chi connectivity index (χ0n) is 37.1. The van der Waals surface area contributed by atoms with Crippen molar-refractivity contribution < 1.29 is 47.0 Å². The second kappa shape index (κ2) is 19.1. The third-order valence-electron chi connectivity index (χ3n) is 12.4. The number of H-pyrrole nitrogens is 1. The van der Waals surface area contributed by atoms with Gasteiger partial charge in [-0.25, -0.2) is 18.8 Å². The van der Waals surface area contributed by atoms with E-state index in [1.54, 1.807) is 12.3 Å². The molecule has 0 bridgehead atoms. The zero-order chi connectivity index (χ0) is 44.9. The van der Waals surface area contributed by atoms with E-state index in [0.29, 0.717) is 29.3 Å². The van der Waals surface area contributed by atoms with Crippen molar-refractivity contribution in [1.82, 2.24) is 14.8 Å². The molecule has 3 heterocycles. The Labute approximate surface area is 361 Å². The predicted octanol–water partition coefficient (Wildman–Crippen LogP) is 10.2. The highest BCUT2D eigenvalue weighted by Crippen LogP contribution is 2.40. The molecule has 2 saturated heterocycles. The Morgan fingerprint density at radius 2 is 1.15 bits per heavy atom. The van der Waals surface area contributed by atoms with Crippen LogP contribution in [-0.2, 0) is 36.3 Å². The highest BCUT2D eigenvalue weighted by atomic mass is 28.4. The fraction of sp³-hybridized carbons (Fsp3) is 0.478. The predicted molar refractivity (Wildman–Crippen MR) is 238 cm³/mol. The number of aromatic nitrogens is 1. The smallest absolute Gasteiger partial charge is 0.410 e. The molecule has 4 atom stereocenters. The number of ether oxygens (including phenoxy) is 2. The minimum Gasteiger partial charge on any atom is -0.480 e. The number of rotatable bonds is 11. The van der Waals surface area contributed by atoms with Gasteiger partial charge in [0.25, 0.3) is 0 Å². The summed E-state index contributed by atoms with van der Waals surface area (Å²) in [6, 6.07) is 21.4. The summed E-state index contributed by atoms with van der Waals surface area (Å²) in [6.07, 6.45) is 0.573. The number of hydrogen-bond acceptors (Lipinski definition) is 8. The van der Waals surface area contributed by atoms with Crippen LogP contribution in [0.4, 0.5) is 14.0 Å². The number of nitrogens with one attached hydrogen (secondary N) is 1. The average molecular weight is 876 g/mol. The van der Waals surface area contributed by atoms with Crippen LogP contribution >= 0.6 is 0 Å². The normalized spacial score (nSPS) is 19.7. The molecular weight excluding hydrogens is 814 g/mol. The van der Waals surface area contributed by atoms with Crippen LogP contribution in [0.2, 0.25) is 36.3 Å². The summed E-state index contributed by atoms with van der Waals surface area (Å²) in [5, 5.41) is 10.1. The maximum absolute atomic E-state index is 13.7. The summed E-state index contributed by atoms with van der Waals surface area (Å²) < 4.78 is 37.5. The first-order chi connectivity index (χ1) is 28.5. The minimum atomic E-state index is -2.12. The van der Waals surface area contributed by atoms with Crippen molar-refractivity contribution in [3.63, 3.8) is 0 Å². The van der Waals surface area contributed by atoms with Gasteiger partial charge in [0.15, 0.2) is 22.4 Å². The number of amides is 2. The highest BCUT2D eigenvalue weighted by Gasteiger charge is 2.48. The van der Waals surface area contributed by atoms with E-state index in [0.717, 1.165) is 11.1 Å². The van der Waals surface area contributed by atoms with E-state index in [1.165, 1.54) is 21.9 Å². The lowest BCUT2D eigenvalue weighted by atomic mass is 10.0. The molecule has 2 aliphatic rings. The van der Waals surface area contributed by atoms with E-state index >= 15 is 0 Å². The van der Waals surface area contributed by atoms with Gasteiger partial charge < -0.3 is 28.4 Å². The molecule has 0 unspecified atom stereocenters. The first-order valence-corrected chi connectivity index (χ1v) is 26.6. The Bertz CT molecular complexity index is 2150. The summed E-state index contributed by atoms with van der Waals surface area (Å²) in [5.41, 5.74) is 2.70. The zero-order valence-corrected chi connectivity index (χ0v) is 39.1. The van der Waals surface area contributed by atoms with E-state index < -0.39 is 46.9 Å². The van der Waals surface area contributed by atoms with Gasteiger partial charge in [0.2, 0.25) is 0 Å². The van der Waals surface area contributed by atoms with Crippen molar-refractivity contribution in [2.45, 2.75) is 128 Å². The number of carbonyl (C=O) groups excluding carboxylic acids is 3. The number of carboxylic acids is 1. The molecule has 330 valence electrons. The first kappa shape index (κ1) is 47.2. The fourth-order valence-electron chi connectivity index (χ4n) is 6.92. The molecule has 3 aromatic carbocycles. The number of nitrogens with zero attached hydrogens (tertiary/aromatic N) is 2. The van der Waals surface area contributed by atoms with Crippen molar-refractivity contribution in [1.29, 1.82) is 0 Å². The van der Waals surface area contributed by atoms with Crippen LogP contribution in [0.3, 0.4) is 0 Å². The van der Waals surface area contributed by atoms with E-state index in [-0.39, 0.29) is 60.2 Å². The maximum atomic E-state index is 13.7. The van der Waals surface area contributed by atoms with Crippen molar-refractivity contribution in [2.75, 3.05) is 13.1 Å². The molecule has 0 aliphatic carbocycles.